The number of rotatable bonds is 3. The zero-order chi connectivity index (χ0) is 13.6. The van der Waals surface area contributed by atoms with E-state index in [9.17, 15) is 13.2 Å². The minimum absolute atomic E-state index is 0.0665. The molecule has 0 radical (unpaired) electrons. The lowest BCUT2D eigenvalue weighted by Gasteiger charge is -2.23. The molecule has 0 saturated heterocycles. The molecular weight excluding hydrogens is 329 g/mol. The highest BCUT2D eigenvalue weighted by Gasteiger charge is 2.63. The fourth-order valence-electron chi connectivity index (χ4n) is 1.69. The van der Waals surface area contributed by atoms with Gasteiger partial charge in [0.1, 0.15) is 10.5 Å². The van der Waals surface area contributed by atoms with E-state index in [0.717, 1.165) is 0 Å². The summed E-state index contributed by atoms with van der Waals surface area (Å²) in [5.74, 6) is 0. The average molecular weight is 339 g/mol. The van der Waals surface area contributed by atoms with E-state index < -0.39 is 11.7 Å². The Morgan fingerprint density at radius 1 is 1.39 bits per heavy atom. The van der Waals surface area contributed by atoms with Gasteiger partial charge < -0.3 is 11.1 Å². The molecule has 2 nitrogen and oxygen atoms in total. The fourth-order valence-corrected chi connectivity index (χ4v) is 2.22. The SMILES string of the molecule is NC(=S)c1cc(Br)ccc1NC1(C(F)(F)F)CC1. The van der Waals surface area contributed by atoms with E-state index in [1.165, 1.54) is 0 Å². The summed E-state index contributed by atoms with van der Waals surface area (Å²) in [4.78, 5) is 0.0665. The summed E-state index contributed by atoms with van der Waals surface area (Å²) < 4.78 is 39.3. The first-order valence-corrected chi connectivity index (χ1v) is 6.40. The average Bonchev–Trinajstić information content (AvgIpc) is 3.00. The third-order valence-electron chi connectivity index (χ3n) is 2.91. The van der Waals surface area contributed by atoms with Gasteiger partial charge >= 0.3 is 6.18 Å². The summed E-state index contributed by atoms with van der Waals surface area (Å²) in [7, 11) is 0. The maximum absolute atomic E-state index is 12.9. The molecule has 1 aromatic rings. The molecule has 0 amide bonds. The van der Waals surface area contributed by atoms with Crippen molar-refractivity contribution in [3.8, 4) is 0 Å². The molecule has 1 fully saturated rings. The highest BCUT2D eigenvalue weighted by atomic mass is 79.9. The Kier molecular flexibility index (Phi) is 3.31. The van der Waals surface area contributed by atoms with Gasteiger partial charge in [0.25, 0.3) is 0 Å². The lowest BCUT2D eigenvalue weighted by atomic mass is 10.1. The predicted octanol–water partition coefficient (Wildman–Crippen LogP) is 3.59. The monoisotopic (exact) mass is 338 g/mol. The first kappa shape index (κ1) is 13.6. The zero-order valence-electron chi connectivity index (χ0n) is 9.14. The Labute approximate surface area is 116 Å². The molecule has 7 heteroatoms. The van der Waals surface area contributed by atoms with Crippen LogP contribution < -0.4 is 11.1 Å². The molecule has 0 aliphatic heterocycles. The van der Waals surface area contributed by atoms with Crippen molar-refractivity contribution in [1.29, 1.82) is 0 Å². The van der Waals surface area contributed by atoms with E-state index >= 15 is 0 Å². The number of thiocarbonyl (C=S) groups is 1. The third-order valence-corrected chi connectivity index (χ3v) is 3.63. The van der Waals surface area contributed by atoms with Crippen molar-refractivity contribution < 1.29 is 13.2 Å². The van der Waals surface area contributed by atoms with E-state index in [0.29, 0.717) is 15.7 Å². The Hall–Kier alpha value is -0.820. The van der Waals surface area contributed by atoms with Crippen LogP contribution >= 0.6 is 28.1 Å². The minimum Gasteiger partial charge on any atom is -0.389 e. The van der Waals surface area contributed by atoms with Gasteiger partial charge in [-0.3, -0.25) is 0 Å². The van der Waals surface area contributed by atoms with Crippen molar-refractivity contribution >= 4 is 38.8 Å². The summed E-state index contributed by atoms with van der Waals surface area (Å²) >= 11 is 8.08. The molecule has 0 bridgehead atoms. The van der Waals surface area contributed by atoms with Gasteiger partial charge in [0.05, 0.1) is 0 Å². The van der Waals surface area contributed by atoms with Gasteiger partial charge in [0.2, 0.25) is 0 Å². The second-order valence-electron chi connectivity index (χ2n) is 4.26. The molecule has 2 rings (SSSR count). The van der Waals surface area contributed by atoms with Crippen molar-refractivity contribution in [2.75, 3.05) is 5.32 Å². The largest absolute Gasteiger partial charge is 0.411 e. The van der Waals surface area contributed by atoms with Crippen LogP contribution in [0.4, 0.5) is 18.9 Å². The maximum atomic E-state index is 12.9. The Morgan fingerprint density at radius 3 is 2.44 bits per heavy atom. The predicted molar refractivity (Wildman–Crippen MR) is 71.7 cm³/mol. The summed E-state index contributed by atoms with van der Waals surface area (Å²) in [5, 5.41) is 2.53. The normalized spacial score (nSPS) is 17.3. The number of benzene rings is 1. The molecule has 0 atom stereocenters. The van der Waals surface area contributed by atoms with Crippen LogP contribution in [0.15, 0.2) is 22.7 Å². The van der Waals surface area contributed by atoms with Crippen molar-refractivity contribution in [2.24, 2.45) is 5.73 Å². The number of halogens is 4. The van der Waals surface area contributed by atoms with Crippen molar-refractivity contribution in [3.63, 3.8) is 0 Å². The highest BCUT2D eigenvalue weighted by molar-refractivity contribution is 9.10. The van der Waals surface area contributed by atoms with Crippen LogP contribution in [0.3, 0.4) is 0 Å². The van der Waals surface area contributed by atoms with E-state index in [-0.39, 0.29) is 17.8 Å². The number of nitrogens with one attached hydrogen (secondary N) is 1. The van der Waals surface area contributed by atoms with E-state index in [1.54, 1.807) is 18.2 Å². The molecule has 0 aromatic heterocycles. The van der Waals surface area contributed by atoms with Crippen LogP contribution in [0.2, 0.25) is 0 Å². The van der Waals surface area contributed by atoms with Gasteiger partial charge in [-0.1, -0.05) is 28.1 Å². The Morgan fingerprint density at radius 2 is 2.00 bits per heavy atom. The van der Waals surface area contributed by atoms with Crippen LogP contribution in [0.25, 0.3) is 0 Å². The van der Waals surface area contributed by atoms with Gasteiger partial charge in [0.15, 0.2) is 0 Å². The van der Waals surface area contributed by atoms with Crippen LogP contribution in [-0.2, 0) is 0 Å². The topological polar surface area (TPSA) is 38.0 Å². The molecule has 98 valence electrons. The zero-order valence-corrected chi connectivity index (χ0v) is 11.5. The number of alkyl halides is 3. The highest BCUT2D eigenvalue weighted by Crippen LogP contribution is 2.51. The molecule has 0 spiro atoms. The third kappa shape index (κ3) is 2.47. The smallest absolute Gasteiger partial charge is 0.389 e. The van der Waals surface area contributed by atoms with E-state index in [2.05, 4.69) is 21.2 Å². The van der Waals surface area contributed by atoms with Crippen LogP contribution in [0, 0.1) is 0 Å². The van der Waals surface area contributed by atoms with Gasteiger partial charge in [-0.2, -0.15) is 13.2 Å². The second-order valence-corrected chi connectivity index (χ2v) is 5.61. The summed E-state index contributed by atoms with van der Waals surface area (Å²) in [6, 6.07) is 4.80. The first-order chi connectivity index (χ1) is 8.25. The number of hydrogen-bond donors (Lipinski definition) is 2. The lowest BCUT2D eigenvalue weighted by Crippen LogP contribution is -2.39. The quantitative estimate of drug-likeness (QED) is 0.827. The maximum Gasteiger partial charge on any atom is 0.411 e. The number of anilines is 1. The molecule has 1 saturated carbocycles. The first-order valence-electron chi connectivity index (χ1n) is 5.19. The van der Waals surface area contributed by atoms with Gasteiger partial charge in [0, 0.05) is 15.7 Å². The molecule has 0 unspecified atom stereocenters. The molecule has 3 N–H and O–H groups in total. The molecule has 1 aliphatic rings. The summed E-state index contributed by atoms with van der Waals surface area (Å²) in [6.07, 6.45) is -4.12. The second kappa shape index (κ2) is 4.38. The van der Waals surface area contributed by atoms with Crippen molar-refractivity contribution in [1.82, 2.24) is 0 Å². The Bertz CT molecular complexity index is 498. The Balaban J connectivity index is 2.33. The molecule has 18 heavy (non-hydrogen) atoms. The minimum atomic E-state index is -4.27. The van der Waals surface area contributed by atoms with Crippen LogP contribution in [0.1, 0.15) is 18.4 Å². The van der Waals surface area contributed by atoms with Crippen LogP contribution in [-0.4, -0.2) is 16.7 Å². The van der Waals surface area contributed by atoms with E-state index in [4.69, 9.17) is 18.0 Å². The molecule has 1 aromatic carbocycles. The standard InChI is InChI=1S/C11H10BrF3N2S/c12-6-1-2-8(7(5-6)9(16)18)17-10(3-4-10)11(13,14)15/h1-2,5,17H,3-4H2,(H2,16,18). The number of hydrogen-bond acceptors (Lipinski definition) is 2. The summed E-state index contributed by atoms with van der Waals surface area (Å²) in [6.45, 7) is 0. The fraction of sp³-hybridized carbons (Fsp3) is 0.364. The molecule has 0 heterocycles. The molecular formula is C11H10BrF3N2S. The van der Waals surface area contributed by atoms with Crippen molar-refractivity contribution in [2.45, 2.75) is 24.6 Å². The van der Waals surface area contributed by atoms with E-state index in [1.807, 2.05) is 0 Å². The summed E-state index contributed by atoms with van der Waals surface area (Å²) in [5.41, 5.74) is 4.43. The van der Waals surface area contributed by atoms with Crippen LogP contribution in [0.5, 0.6) is 0 Å². The molecule has 1 aliphatic carbocycles. The van der Waals surface area contributed by atoms with Gasteiger partial charge in [-0.05, 0) is 31.0 Å². The number of nitrogens with two attached hydrogens (primary N) is 1. The van der Waals surface area contributed by atoms with Gasteiger partial charge in [-0.15, -0.1) is 0 Å². The van der Waals surface area contributed by atoms with Crippen molar-refractivity contribution in [3.05, 3.63) is 28.2 Å². The van der Waals surface area contributed by atoms with Gasteiger partial charge in [-0.25, -0.2) is 0 Å². The lowest BCUT2D eigenvalue weighted by molar-refractivity contribution is -0.151.